The van der Waals surface area contributed by atoms with Crippen molar-refractivity contribution in [2.75, 3.05) is 39.0 Å². The van der Waals surface area contributed by atoms with Gasteiger partial charge in [0.1, 0.15) is 12.4 Å². The van der Waals surface area contributed by atoms with Crippen molar-refractivity contribution >= 4 is 15.8 Å². The fourth-order valence-corrected chi connectivity index (χ4v) is 3.89. The van der Waals surface area contributed by atoms with Crippen LogP contribution in [-0.2, 0) is 9.84 Å². The third-order valence-electron chi connectivity index (χ3n) is 4.07. The van der Waals surface area contributed by atoms with Gasteiger partial charge in [0.15, 0.2) is 15.8 Å². The Morgan fingerprint density at radius 3 is 2.36 bits per heavy atom. The van der Waals surface area contributed by atoms with Gasteiger partial charge in [-0.3, -0.25) is 4.99 Å². The number of nitrogens with one attached hydrogen (secondary N) is 1. The Kier molecular flexibility index (Phi) is 8.81. The molecule has 0 amide bonds. The zero-order valence-corrected chi connectivity index (χ0v) is 17.4. The van der Waals surface area contributed by atoms with Gasteiger partial charge in [0.25, 0.3) is 0 Å². The Hall–Kier alpha value is -2.54. The summed E-state index contributed by atoms with van der Waals surface area (Å²) in [6, 6.07) is 18.2. The van der Waals surface area contributed by atoms with Crippen molar-refractivity contribution in [3.8, 4) is 5.75 Å². The highest BCUT2D eigenvalue weighted by atomic mass is 32.2. The van der Waals surface area contributed by atoms with Gasteiger partial charge >= 0.3 is 0 Å². The first-order valence-corrected chi connectivity index (χ1v) is 11.1. The lowest BCUT2D eigenvalue weighted by atomic mass is 10.3. The van der Waals surface area contributed by atoms with Crippen molar-refractivity contribution in [2.45, 2.75) is 18.2 Å². The van der Waals surface area contributed by atoms with Gasteiger partial charge in [-0.25, -0.2) is 8.42 Å². The lowest BCUT2D eigenvalue weighted by Crippen LogP contribution is -2.41. The molecule has 2 aromatic carbocycles. The first kappa shape index (κ1) is 21.8. The van der Waals surface area contributed by atoms with E-state index in [4.69, 9.17) is 4.74 Å². The number of para-hydroxylation sites is 1. The molecular weight excluding hydrogens is 374 g/mol. The number of guanidine groups is 1. The first-order chi connectivity index (χ1) is 13.5. The summed E-state index contributed by atoms with van der Waals surface area (Å²) in [6.07, 6.45) is 0.473. The maximum atomic E-state index is 12.3. The summed E-state index contributed by atoms with van der Waals surface area (Å²) in [4.78, 5) is 6.89. The lowest BCUT2D eigenvalue weighted by molar-refractivity contribution is 0.281. The van der Waals surface area contributed by atoms with Crippen molar-refractivity contribution in [3.63, 3.8) is 0 Å². The van der Waals surface area contributed by atoms with Crippen LogP contribution < -0.4 is 10.1 Å². The Labute approximate surface area is 168 Å². The molecule has 0 spiro atoms. The summed E-state index contributed by atoms with van der Waals surface area (Å²) in [5.41, 5.74) is 0. The maximum absolute atomic E-state index is 12.3. The Balaban J connectivity index is 1.82. The van der Waals surface area contributed by atoms with Gasteiger partial charge in [-0.05, 0) is 37.6 Å². The molecular formula is C21H29N3O3S. The normalized spacial score (nSPS) is 11.9. The Bertz CT molecular complexity index is 824. The predicted octanol–water partition coefficient (Wildman–Crippen LogP) is 2.83. The summed E-state index contributed by atoms with van der Waals surface area (Å²) < 4.78 is 30.4. The second-order valence-electron chi connectivity index (χ2n) is 6.30. The molecule has 2 aromatic rings. The number of ether oxygens (including phenoxy) is 1. The second kappa shape index (κ2) is 11.3. The Morgan fingerprint density at radius 1 is 1.07 bits per heavy atom. The first-order valence-electron chi connectivity index (χ1n) is 9.48. The van der Waals surface area contributed by atoms with Crippen molar-refractivity contribution in [2.24, 2.45) is 4.99 Å². The van der Waals surface area contributed by atoms with E-state index in [0.29, 0.717) is 31.0 Å². The topological polar surface area (TPSA) is 71.0 Å². The SMILES string of the molecule is CCNC(=NCCCS(=O)(=O)c1ccccc1)N(C)CCOc1ccccc1. The summed E-state index contributed by atoms with van der Waals surface area (Å²) in [5.74, 6) is 1.67. The van der Waals surface area contributed by atoms with Crippen molar-refractivity contribution in [3.05, 3.63) is 60.7 Å². The van der Waals surface area contributed by atoms with Gasteiger partial charge in [0, 0.05) is 20.1 Å². The van der Waals surface area contributed by atoms with E-state index in [-0.39, 0.29) is 5.75 Å². The van der Waals surface area contributed by atoms with Crippen LogP contribution in [0.25, 0.3) is 0 Å². The monoisotopic (exact) mass is 403 g/mol. The lowest BCUT2D eigenvalue weighted by Gasteiger charge is -2.22. The van der Waals surface area contributed by atoms with Crippen molar-refractivity contribution < 1.29 is 13.2 Å². The zero-order valence-electron chi connectivity index (χ0n) is 16.5. The summed E-state index contributed by atoms with van der Waals surface area (Å²) in [6.45, 7) is 4.39. The fourth-order valence-electron chi connectivity index (χ4n) is 2.58. The number of hydrogen-bond acceptors (Lipinski definition) is 4. The van der Waals surface area contributed by atoms with Crippen molar-refractivity contribution in [1.29, 1.82) is 0 Å². The van der Waals surface area contributed by atoms with Crippen LogP contribution >= 0.6 is 0 Å². The highest BCUT2D eigenvalue weighted by molar-refractivity contribution is 7.91. The second-order valence-corrected chi connectivity index (χ2v) is 8.41. The number of aliphatic imine (C=N–C) groups is 1. The predicted molar refractivity (Wildman–Crippen MR) is 114 cm³/mol. The molecule has 1 N–H and O–H groups in total. The van der Waals surface area contributed by atoms with E-state index in [1.807, 2.05) is 55.3 Å². The fraction of sp³-hybridized carbons (Fsp3) is 0.381. The van der Waals surface area contributed by atoms with E-state index in [2.05, 4.69) is 10.3 Å². The van der Waals surface area contributed by atoms with Gasteiger partial charge in [0.05, 0.1) is 17.2 Å². The molecule has 0 unspecified atom stereocenters. The van der Waals surface area contributed by atoms with Gasteiger partial charge in [-0.1, -0.05) is 36.4 Å². The van der Waals surface area contributed by atoms with E-state index in [1.54, 1.807) is 24.3 Å². The highest BCUT2D eigenvalue weighted by Crippen LogP contribution is 2.11. The zero-order chi connectivity index (χ0) is 20.2. The van der Waals surface area contributed by atoms with Gasteiger partial charge in [-0.15, -0.1) is 0 Å². The van der Waals surface area contributed by atoms with Crippen LogP contribution in [0.15, 0.2) is 70.6 Å². The number of nitrogens with zero attached hydrogens (tertiary/aromatic N) is 2. The molecule has 6 nitrogen and oxygen atoms in total. The summed E-state index contributed by atoms with van der Waals surface area (Å²) in [7, 11) is -1.32. The summed E-state index contributed by atoms with van der Waals surface area (Å²) >= 11 is 0. The van der Waals surface area contributed by atoms with E-state index in [0.717, 1.165) is 18.3 Å². The third kappa shape index (κ3) is 7.23. The molecule has 0 aromatic heterocycles. The van der Waals surface area contributed by atoms with Crippen LogP contribution in [0.5, 0.6) is 5.75 Å². The molecule has 28 heavy (non-hydrogen) atoms. The molecule has 0 bridgehead atoms. The van der Waals surface area contributed by atoms with E-state index >= 15 is 0 Å². The van der Waals surface area contributed by atoms with E-state index in [9.17, 15) is 8.42 Å². The minimum Gasteiger partial charge on any atom is -0.492 e. The van der Waals surface area contributed by atoms with Crippen LogP contribution in [0.2, 0.25) is 0 Å². The standard InChI is InChI=1S/C21H29N3O3S/c1-3-22-21(24(2)16-17-27-19-11-6-4-7-12-19)23-15-10-18-28(25,26)20-13-8-5-9-14-20/h4-9,11-14H,3,10,15-18H2,1-2H3,(H,22,23). The van der Waals surface area contributed by atoms with Crippen LogP contribution in [-0.4, -0.2) is 58.3 Å². The minimum absolute atomic E-state index is 0.0841. The number of benzene rings is 2. The number of hydrogen-bond donors (Lipinski definition) is 1. The molecule has 0 fully saturated rings. The van der Waals surface area contributed by atoms with Gasteiger partial charge in [-0.2, -0.15) is 0 Å². The molecule has 0 heterocycles. The number of sulfone groups is 1. The quantitative estimate of drug-likeness (QED) is 0.375. The van der Waals surface area contributed by atoms with E-state index < -0.39 is 9.84 Å². The largest absolute Gasteiger partial charge is 0.492 e. The van der Waals surface area contributed by atoms with E-state index in [1.165, 1.54) is 0 Å². The molecule has 0 atom stereocenters. The average molecular weight is 404 g/mol. The average Bonchev–Trinajstić information content (AvgIpc) is 2.71. The molecule has 0 aliphatic carbocycles. The van der Waals surface area contributed by atoms with Crippen molar-refractivity contribution in [1.82, 2.24) is 10.2 Å². The van der Waals surface area contributed by atoms with Crippen LogP contribution in [0.1, 0.15) is 13.3 Å². The number of rotatable bonds is 10. The van der Waals surface area contributed by atoms with Crippen LogP contribution in [0.3, 0.4) is 0 Å². The third-order valence-corrected chi connectivity index (χ3v) is 5.89. The molecule has 0 aliphatic rings. The molecule has 152 valence electrons. The molecule has 0 aliphatic heterocycles. The molecule has 2 rings (SSSR count). The summed E-state index contributed by atoms with van der Waals surface area (Å²) in [5, 5.41) is 3.23. The maximum Gasteiger partial charge on any atom is 0.193 e. The smallest absolute Gasteiger partial charge is 0.193 e. The number of likely N-dealkylation sites (N-methyl/N-ethyl adjacent to an activating group) is 1. The van der Waals surface area contributed by atoms with Gasteiger partial charge in [0.2, 0.25) is 0 Å². The molecule has 0 saturated carbocycles. The molecule has 0 radical (unpaired) electrons. The van der Waals surface area contributed by atoms with Gasteiger partial charge < -0.3 is 15.0 Å². The molecule has 7 heteroatoms. The minimum atomic E-state index is -3.26. The van der Waals surface area contributed by atoms with Crippen LogP contribution in [0.4, 0.5) is 0 Å². The van der Waals surface area contributed by atoms with Crippen LogP contribution in [0, 0.1) is 0 Å². The molecule has 0 saturated heterocycles. The highest BCUT2D eigenvalue weighted by Gasteiger charge is 2.13. The Morgan fingerprint density at radius 2 is 1.71 bits per heavy atom.